The normalized spacial score (nSPS) is 15.3. The SMILES string of the molecule is CC(C)C[C@H](O)[C@H](O)[C@H](Cc1ccc2ccccc2c1)NC(=O)OC(C)(C)C. The van der Waals surface area contributed by atoms with Gasteiger partial charge in [-0.05, 0) is 55.9 Å². The number of aliphatic hydroxyl groups is 2. The van der Waals surface area contributed by atoms with Crippen LogP contribution in [0.5, 0.6) is 0 Å². The van der Waals surface area contributed by atoms with Crippen LogP contribution in [0.3, 0.4) is 0 Å². The van der Waals surface area contributed by atoms with E-state index in [1.807, 2.05) is 56.3 Å². The van der Waals surface area contributed by atoms with E-state index in [-0.39, 0.29) is 5.92 Å². The van der Waals surface area contributed by atoms with Gasteiger partial charge in [-0.3, -0.25) is 0 Å². The van der Waals surface area contributed by atoms with Gasteiger partial charge in [0, 0.05) is 0 Å². The van der Waals surface area contributed by atoms with E-state index in [1.165, 1.54) is 0 Å². The van der Waals surface area contributed by atoms with Gasteiger partial charge in [0.1, 0.15) is 11.7 Å². The number of rotatable bonds is 7. The van der Waals surface area contributed by atoms with E-state index in [0.29, 0.717) is 12.8 Å². The topological polar surface area (TPSA) is 78.8 Å². The lowest BCUT2D eigenvalue weighted by atomic mass is 9.92. The number of carbonyl (C=O) groups is 1. The predicted molar refractivity (Wildman–Crippen MR) is 112 cm³/mol. The highest BCUT2D eigenvalue weighted by Gasteiger charge is 2.30. The lowest BCUT2D eigenvalue weighted by Gasteiger charge is -2.30. The third-order valence-electron chi connectivity index (χ3n) is 4.49. The summed E-state index contributed by atoms with van der Waals surface area (Å²) in [6.07, 6.45) is -1.79. The molecule has 1 amide bonds. The lowest BCUT2D eigenvalue weighted by Crippen LogP contribution is -2.51. The van der Waals surface area contributed by atoms with Gasteiger partial charge in [0.2, 0.25) is 0 Å². The molecule has 3 N–H and O–H groups in total. The molecule has 0 unspecified atom stereocenters. The molecule has 0 heterocycles. The Morgan fingerprint density at radius 1 is 1.07 bits per heavy atom. The highest BCUT2D eigenvalue weighted by atomic mass is 16.6. The van der Waals surface area contributed by atoms with Crippen molar-refractivity contribution in [1.82, 2.24) is 5.32 Å². The molecule has 0 aliphatic rings. The van der Waals surface area contributed by atoms with Crippen LogP contribution in [0, 0.1) is 5.92 Å². The molecule has 0 aromatic heterocycles. The van der Waals surface area contributed by atoms with Crippen molar-refractivity contribution in [2.24, 2.45) is 5.92 Å². The van der Waals surface area contributed by atoms with E-state index in [0.717, 1.165) is 16.3 Å². The quantitative estimate of drug-likeness (QED) is 0.670. The van der Waals surface area contributed by atoms with Gasteiger partial charge in [-0.1, -0.05) is 56.3 Å². The van der Waals surface area contributed by atoms with Gasteiger partial charge in [0.15, 0.2) is 0 Å². The molecular weight excluding hydrogens is 354 g/mol. The number of fused-ring (bicyclic) bond motifs is 1. The summed E-state index contributed by atoms with van der Waals surface area (Å²) < 4.78 is 5.34. The molecule has 154 valence electrons. The van der Waals surface area contributed by atoms with Crippen LogP contribution in [0.1, 0.15) is 46.6 Å². The second-order valence-corrected chi connectivity index (χ2v) is 8.83. The van der Waals surface area contributed by atoms with Crippen molar-refractivity contribution in [1.29, 1.82) is 0 Å². The zero-order chi connectivity index (χ0) is 20.9. The molecule has 3 atom stereocenters. The maximum atomic E-state index is 12.3. The number of hydrogen-bond donors (Lipinski definition) is 3. The molecule has 5 nitrogen and oxygen atoms in total. The van der Waals surface area contributed by atoms with Gasteiger partial charge >= 0.3 is 6.09 Å². The van der Waals surface area contributed by atoms with Gasteiger partial charge in [-0.25, -0.2) is 4.79 Å². The predicted octanol–water partition coefficient (Wildman–Crippen LogP) is 4.04. The first-order valence-electron chi connectivity index (χ1n) is 9.88. The molecule has 0 spiro atoms. The van der Waals surface area contributed by atoms with Gasteiger partial charge in [0.05, 0.1) is 12.1 Å². The summed E-state index contributed by atoms with van der Waals surface area (Å²) in [5.41, 5.74) is 0.328. The van der Waals surface area contributed by atoms with Crippen molar-refractivity contribution >= 4 is 16.9 Å². The van der Waals surface area contributed by atoms with Crippen LogP contribution in [-0.2, 0) is 11.2 Å². The fraction of sp³-hybridized carbons (Fsp3) is 0.522. The van der Waals surface area contributed by atoms with Gasteiger partial charge in [0.25, 0.3) is 0 Å². The smallest absolute Gasteiger partial charge is 0.407 e. The molecular formula is C23H33NO4. The Balaban J connectivity index is 2.21. The van der Waals surface area contributed by atoms with Crippen LogP contribution in [0.4, 0.5) is 4.79 Å². The number of benzene rings is 2. The molecule has 0 bridgehead atoms. The fourth-order valence-corrected chi connectivity index (χ4v) is 3.23. The molecule has 0 aliphatic carbocycles. The monoisotopic (exact) mass is 387 g/mol. The summed E-state index contributed by atoms with van der Waals surface area (Å²) in [6.45, 7) is 9.32. The number of alkyl carbamates (subject to hydrolysis) is 1. The first kappa shape index (κ1) is 22.2. The molecule has 2 aromatic carbocycles. The number of hydrogen-bond acceptors (Lipinski definition) is 4. The average Bonchev–Trinajstić information content (AvgIpc) is 2.58. The Labute approximate surface area is 167 Å². The zero-order valence-electron chi connectivity index (χ0n) is 17.5. The van der Waals surface area contributed by atoms with Crippen LogP contribution in [0.25, 0.3) is 10.8 Å². The van der Waals surface area contributed by atoms with E-state index >= 15 is 0 Å². The molecule has 5 heteroatoms. The molecule has 0 saturated carbocycles. The average molecular weight is 388 g/mol. The first-order valence-corrected chi connectivity index (χ1v) is 9.88. The van der Waals surface area contributed by atoms with Crippen molar-refractivity contribution in [2.75, 3.05) is 0 Å². The van der Waals surface area contributed by atoms with Gasteiger partial charge < -0.3 is 20.3 Å². The maximum absolute atomic E-state index is 12.3. The zero-order valence-corrected chi connectivity index (χ0v) is 17.5. The summed E-state index contributed by atoms with van der Waals surface area (Å²) >= 11 is 0. The molecule has 0 aliphatic heterocycles. The summed E-state index contributed by atoms with van der Waals surface area (Å²) in [4.78, 5) is 12.3. The van der Waals surface area contributed by atoms with Crippen LogP contribution < -0.4 is 5.32 Å². The Bertz CT molecular complexity index is 782. The summed E-state index contributed by atoms with van der Waals surface area (Å²) in [7, 11) is 0. The Morgan fingerprint density at radius 2 is 1.71 bits per heavy atom. The van der Waals surface area contributed by atoms with Crippen molar-refractivity contribution in [3.8, 4) is 0 Å². The highest BCUT2D eigenvalue weighted by Crippen LogP contribution is 2.19. The van der Waals surface area contributed by atoms with E-state index in [1.54, 1.807) is 20.8 Å². The summed E-state index contributed by atoms with van der Waals surface area (Å²) in [5.74, 6) is 0.229. The third-order valence-corrected chi connectivity index (χ3v) is 4.49. The maximum Gasteiger partial charge on any atom is 0.407 e. The van der Waals surface area contributed by atoms with E-state index in [9.17, 15) is 15.0 Å². The molecule has 28 heavy (non-hydrogen) atoms. The van der Waals surface area contributed by atoms with Crippen LogP contribution in [0.15, 0.2) is 42.5 Å². The fourth-order valence-electron chi connectivity index (χ4n) is 3.23. The van der Waals surface area contributed by atoms with Gasteiger partial charge in [-0.15, -0.1) is 0 Å². The van der Waals surface area contributed by atoms with Crippen molar-refractivity contribution in [3.05, 3.63) is 48.0 Å². The minimum atomic E-state index is -1.10. The number of nitrogens with one attached hydrogen (secondary N) is 1. The highest BCUT2D eigenvalue weighted by molar-refractivity contribution is 5.83. The van der Waals surface area contributed by atoms with E-state index in [4.69, 9.17) is 4.74 Å². The second-order valence-electron chi connectivity index (χ2n) is 8.83. The first-order chi connectivity index (χ1) is 13.0. The minimum absolute atomic E-state index is 0.229. The van der Waals surface area contributed by atoms with Crippen LogP contribution in [-0.4, -0.2) is 40.2 Å². The largest absolute Gasteiger partial charge is 0.444 e. The van der Waals surface area contributed by atoms with Gasteiger partial charge in [-0.2, -0.15) is 0 Å². The Morgan fingerprint density at radius 3 is 2.32 bits per heavy atom. The summed E-state index contributed by atoms with van der Waals surface area (Å²) in [5, 5.41) is 26.1. The number of aliphatic hydroxyl groups excluding tert-OH is 2. The molecule has 2 rings (SSSR count). The number of carbonyl (C=O) groups excluding carboxylic acids is 1. The van der Waals surface area contributed by atoms with Crippen molar-refractivity contribution in [2.45, 2.75) is 71.3 Å². The Kier molecular flexibility index (Phi) is 7.44. The Hall–Kier alpha value is -2.11. The van der Waals surface area contributed by atoms with Crippen LogP contribution in [0.2, 0.25) is 0 Å². The minimum Gasteiger partial charge on any atom is -0.444 e. The molecule has 0 fully saturated rings. The number of amides is 1. The molecule has 2 aromatic rings. The van der Waals surface area contributed by atoms with Crippen molar-refractivity contribution < 1.29 is 19.7 Å². The molecule has 0 radical (unpaired) electrons. The third kappa shape index (κ3) is 6.80. The second kappa shape index (κ2) is 9.39. The van der Waals surface area contributed by atoms with Crippen LogP contribution >= 0.6 is 0 Å². The van der Waals surface area contributed by atoms with Crippen molar-refractivity contribution in [3.63, 3.8) is 0 Å². The molecule has 0 saturated heterocycles. The number of ether oxygens (including phenoxy) is 1. The lowest BCUT2D eigenvalue weighted by molar-refractivity contribution is -0.0177. The standard InChI is InChI=1S/C23H33NO4/c1-15(2)12-20(25)21(26)19(24-22(27)28-23(3,4)5)14-16-10-11-17-8-6-7-9-18(17)13-16/h6-11,13,15,19-21,25-26H,12,14H2,1-5H3,(H,24,27)/t19-,20-,21+/m0/s1. The van der Waals surface area contributed by atoms with E-state index < -0.39 is 29.9 Å². The summed E-state index contributed by atoms with van der Waals surface area (Å²) in [6, 6.07) is 13.4. The van der Waals surface area contributed by atoms with E-state index in [2.05, 4.69) is 5.32 Å².